The first kappa shape index (κ1) is 17.3. The molecular formula is C13H23N3O5S. The predicted octanol–water partition coefficient (Wildman–Crippen LogP) is -1.53. The molecule has 0 aromatic rings. The summed E-state index contributed by atoms with van der Waals surface area (Å²) in [7, 11) is -3.47. The van der Waals surface area contributed by atoms with Crippen LogP contribution in [-0.4, -0.2) is 91.1 Å². The van der Waals surface area contributed by atoms with E-state index in [0.29, 0.717) is 52.0 Å². The number of hydrogen-bond acceptors (Lipinski definition) is 6. The molecule has 126 valence electrons. The standard InChI is InChI=1S/C13H23N3O5S/c17-10-8-14-4-6-15(7-5-14)22(20,21)11-9-16-12(18)2-1-3-13(16)19/h17H,1-11H2. The largest absolute Gasteiger partial charge is 0.395 e. The molecule has 8 nitrogen and oxygen atoms in total. The van der Waals surface area contributed by atoms with E-state index in [0.717, 1.165) is 4.90 Å². The topological polar surface area (TPSA) is 98.2 Å². The Labute approximate surface area is 130 Å². The number of sulfonamides is 1. The van der Waals surface area contributed by atoms with E-state index in [1.165, 1.54) is 4.31 Å². The highest BCUT2D eigenvalue weighted by Crippen LogP contribution is 2.14. The number of piperidine rings is 1. The van der Waals surface area contributed by atoms with Gasteiger partial charge < -0.3 is 5.11 Å². The second-order valence-corrected chi connectivity index (χ2v) is 7.66. The van der Waals surface area contributed by atoms with Crippen LogP contribution < -0.4 is 0 Å². The molecule has 0 radical (unpaired) electrons. The molecule has 0 bridgehead atoms. The fraction of sp³-hybridized carbons (Fsp3) is 0.846. The van der Waals surface area contributed by atoms with Crippen molar-refractivity contribution >= 4 is 21.8 Å². The first-order valence-electron chi connectivity index (χ1n) is 7.58. The molecule has 2 heterocycles. The summed E-state index contributed by atoms with van der Waals surface area (Å²) in [6.45, 7) is 2.48. The molecule has 2 amide bonds. The molecule has 0 aromatic heterocycles. The summed E-state index contributed by atoms with van der Waals surface area (Å²) in [5, 5.41) is 8.88. The molecule has 0 atom stereocenters. The second kappa shape index (κ2) is 7.49. The molecule has 0 spiro atoms. The van der Waals surface area contributed by atoms with Crippen molar-refractivity contribution in [1.82, 2.24) is 14.1 Å². The smallest absolute Gasteiger partial charge is 0.229 e. The van der Waals surface area contributed by atoms with Crippen LogP contribution in [0.3, 0.4) is 0 Å². The lowest BCUT2D eigenvalue weighted by molar-refractivity contribution is -0.147. The maximum absolute atomic E-state index is 12.3. The number of amides is 2. The summed E-state index contributed by atoms with van der Waals surface area (Å²) >= 11 is 0. The zero-order chi connectivity index (χ0) is 16.2. The Kier molecular flexibility index (Phi) is 5.90. The molecule has 22 heavy (non-hydrogen) atoms. The van der Waals surface area contributed by atoms with Gasteiger partial charge in [-0.15, -0.1) is 0 Å². The number of rotatable bonds is 6. The fourth-order valence-electron chi connectivity index (χ4n) is 2.76. The Balaban J connectivity index is 1.86. The summed E-state index contributed by atoms with van der Waals surface area (Å²) < 4.78 is 26.0. The third-order valence-corrected chi connectivity index (χ3v) is 5.95. The maximum Gasteiger partial charge on any atom is 0.229 e. The van der Waals surface area contributed by atoms with Crippen molar-refractivity contribution in [2.45, 2.75) is 19.3 Å². The molecule has 1 N–H and O–H groups in total. The molecule has 0 unspecified atom stereocenters. The SMILES string of the molecule is O=C1CCCC(=O)N1CCS(=O)(=O)N1CCN(CCO)CC1. The molecule has 0 saturated carbocycles. The van der Waals surface area contributed by atoms with Gasteiger partial charge in [-0.25, -0.2) is 8.42 Å². The molecule has 9 heteroatoms. The van der Waals surface area contributed by atoms with Gasteiger partial charge in [0.15, 0.2) is 0 Å². The van der Waals surface area contributed by atoms with E-state index in [4.69, 9.17) is 5.11 Å². The first-order chi connectivity index (χ1) is 10.4. The third-order valence-electron chi connectivity index (χ3n) is 4.10. The fourth-order valence-corrected chi connectivity index (χ4v) is 4.15. The number of hydrogen-bond donors (Lipinski definition) is 1. The summed E-state index contributed by atoms with van der Waals surface area (Å²) in [5.74, 6) is -0.775. The lowest BCUT2D eigenvalue weighted by Gasteiger charge is -2.34. The molecule has 0 aromatic carbocycles. The van der Waals surface area contributed by atoms with Crippen molar-refractivity contribution < 1.29 is 23.1 Å². The highest BCUT2D eigenvalue weighted by molar-refractivity contribution is 7.89. The quantitative estimate of drug-likeness (QED) is 0.592. The third kappa shape index (κ3) is 4.25. The van der Waals surface area contributed by atoms with Gasteiger partial charge >= 0.3 is 0 Å². The van der Waals surface area contributed by atoms with Gasteiger partial charge in [0.25, 0.3) is 0 Å². The zero-order valence-electron chi connectivity index (χ0n) is 12.6. The summed E-state index contributed by atoms with van der Waals surface area (Å²) in [4.78, 5) is 26.4. The van der Waals surface area contributed by atoms with Crippen LogP contribution in [-0.2, 0) is 19.6 Å². The van der Waals surface area contributed by atoms with Crippen LogP contribution in [0, 0.1) is 0 Å². The van der Waals surface area contributed by atoms with Crippen molar-refractivity contribution in [2.24, 2.45) is 0 Å². The Hall–Kier alpha value is -1.03. The summed E-state index contributed by atoms with van der Waals surface area (Å²) in [5.41, 5.74) is 0. The van der Waals surface area contributed by atoms with Gasteiger partial charge in [-0.05, 0) is 6.42 Å². The maximum atomic E-state index is 12.3. The monoisotopic (exact) mass is 333 g/mol. The van der Waals surface area contributed by atoms with Crippen molar-refractivity contribution in [3.05, 3.63) is 0 Å². The minimum absolute atomic E-state index is 0.0587. The number of aliphatic hydroxyl groups is 1. The predicted molar refractivity (Wildman–Crippen MR) is 79.5 cm³/mol. The Morgan fingerprint density at radius 1 is 0.955 bits per heavy atom. The van der Waals surface area contributed by atoms with E-state index in [9.17, 15) is 18.0 Å². The molecule has 2 aliphatic heterocycles. The Bertz CT molecular complexity index is 498. The first-order valence-corrected chi connectivity index (χ1v) is 9.19. The molecule has 0 aliphatic carbocycles. The number of piperazine rings is 1. The van der Waals surface area contributed by atoms with Crippen molar-refractivity contribution in [3.8, 4) is 0 Å². The van der Waals surface area contributed by atoms with E-state index in [2.05, 4.69) is 0 Å². The molecule has 2 saturated heterocycles. The second-order valence-electron chi connectivity index (χ2n) is 5.57. The number of β-amino-alcohol motifs (C(OH)–C–C–N with tert-alkyl or cyclic N) is 1. The Morgan fingerprint density at radius 3 is 2.09 bits per heavy atom. The average molecular weight is 333 g/mol. The number of likely N-dealkylation sites (tertiary alicyclic amines) is 1. The van der Waals surface area contributed by atoms with Crippen LogP contribution in [0.2, 0.25) is 0 Å². The van der Waals surface area contributed by atoms with Gasteiger partial charge in [-0.3, -0.25) is 19.4 Å². The lowest BCUT2D eigenvalue weighted by atomic mass is 10.1. The van der Waals surface area contributed by atoms with E-state index < -0.39 is 10.0 Å². The molecule has 2 fully saturated rings. The number of imide groups is 1. The van der Waals surface area contributed by atoms with Gasteiger partial charge in [0.1, 0.15) is 0 Å². The van der Waals surface area contributed by atoms with Crippen LogP contribution >= 0.6 is 0 Å². The number of carbonyl (C=O) groups is 2. The van der Waals surface area contributed by atoms with Crippen LogP contribution in [0.4, 0.5) is 0 Å². The van der Waals surface area contributed by atoms with E-state index in [1.807, 2.05) is 4.90 Å². The van der Waals surface area contributed by atoms with E-state index in [1.54, 1.807) is 0 Å². The lowest BCUT2D eigenvalue weighted by Crippen LogP contribution is -2.51. The van der Waals surface area contributed by atoms with Gasteiger partial charge in [0.05, 0.1) is 12.4 Å². The molecule has 2 aliphatic rings. The highest BCUT2D eigenvalue weighted by atomic mass is 32.2. The van der Waals surface area contributed by atoms with Crippen LogP contribution in [0.15, 0.2) is 0 Å². The Morgan fingerprint density at radius 2 is 1.55 bits per heavy atom. The van der Waals surface area contributed by atoms with Gasteiger partial charge in [0, 0.05) is 52.1 Å². The average Bonchev–Trinajstić information content (AvgIpc) is 2.47. The minimum Gasteiger partial charge on any atom is -0.395 e. The molecular weight excluding hydrogens is 310 g/mol. The number of carbonyl (C=O) groups excluding carboxylic acids is 2. The van der Waals surface area contributed by atoms with Crippen molar-refractivity contribution in [3.63, 3.8) is 0 Å². The highest BCUT2D eigenvalue weighted by Gasteiger charge is 2.30. The zero-order valence-corrected chi connectivity index (χ0v) is 13.4. The normalized spacial score (nSPS) is 22.3. The van der Waals surface area contributed by atoms with Crippen molar-refractivity contribution in [1.29, 1.82) is 0 Å². The number of nitrogens with zero attached hydrogens (tertiary/aromatic N) is 3. The van der Waals surface area contributed by atoms with Gasteiger partial charge in [-0.1, -0.05) is 0 Å². The summed E-state index contributed by atoms with van der Waals surface area (Å²) in [6, 6.07) is 0. The van der Waals surface area contributed by atoms with Gasteiger partial charge in [-0.2, -0.15) is 4.31 Å². The minimum atomic E-state index is -3.47. The van der Waals surface area contributed by atoms with Crippen molar-refractivity contribution in [2.75, 3.05) is 51.6 Å². The van der Waals surface area contributed by atoms with E-state index in [-0.39, 0.29) is 30.7 Å². The van der Waals surface area contributed by atoms with Crippen LogP contribution in [0.25, 0.3) is 0 Å². The summed E-state index contributed by atoms with van der Waals surface area (Å²) in [6.07, 6.45) is 1.17. The van der Waals surface area contributed by atoms with Crippen LogP contribution in [0.5, 0.6) is 0 Å². The van der Waals surface area contributed by atoms with E-state index >= 15 is 0 Å². The van der Waals surface area contributed by atoms with Crippen LogP contribution in [0.1, 0.15) is 19.3 Å². The number of aliphatic hydroxyl groups excluding tert-OH is 1. The van der Waals surface area contributed by atoms with Gasteiger partial charge in [0.2, 0.25) is 21.8 Å². The molecule has 2 rings (SSSR count).